The van der Waals surface area contributed by atoms with Crippen molar-refractivity contribution in [2.24, 2.45) is 0 Å². The fourth-order valence-electron chi connectivity index (χ4n) is 4.01. The van der Waals surface area contributed by atoms with Gasteiger partial charge in [0.15, 0.2) is 0 Å². The van der Waals surface area contributed by atoms with Crippen molar-refractivity contribution in [3.8, 4) is 5.69 Å². The predicted molar refractivity (Wildman–Crippen MR) is 123 cm³/mol. The van der Waals surface area contributed by atoms with Crippen molar-refractivity contribution < 1.29 is 14.3 Å². The van der Waals surface area contributed by atoms with Crippen LogP contribution in [-0.4, -0.2) is 63.8 Å². The van der Waals surface area contributed by atoms with Crippen LogP contribution >= 0.6 is 0 Å². The van der Waals surface area contributed by atoms with Gasteiger partial charge in [-0.25, -0.2) is 14.6 Å². The van der Waals surface area contributed by atoms with Crippen LogP contribution in [0.2, 0.25) is 0 Å². The van der Waals surface area contributed by atoms with Crippen molar-refractivity contribution in [3.05, 3.63) is 65.4 Å². The van der Waals surface area contributed by atoms with E-state index in [-0.39, 0.29) is 18.4 Å². The standard InChI is InChI=1S/C24H28N6O3/c1-17-20-9-10-22(31)29(12-6-14-33-3)23(20)27-21(26-17)16-28(2)24(32)18-7-4-8-19(15-18)30-13-5-11-25-30/h4-5,7-8,11,13,15H,6,9-10,12,14,16H2,1-3H3. The van der Waals surface area contributed by atoms with Gasteiger partial charge in [-0.3, -0.25) is 14.5 Å². The smallest absolute Gasteiger partial charge is 0.254 e. The van der Waals surface area contributed by atoms with E-state index in [2.05, 4.69) is 10.1 Å². The molecular weight excluding hydrogens is 420 g/mol. The maximum atomic E-state index is 13.1. The molecule has 9 heteroatoms. The number of hydrogen-bond acceptors (Lipinski definition) is 6. The first-order valence-corrected chi connectivity index (χ1v) is 11.0. The number of fused-ring (bicyclic) bond motifs is 1. The van der Waals surface area contributed by atoms with Gasteiger partial charge in [-0.05, 0) is 44.0 Å². The summed E-state index contributed by atoms with van der Waals surface area (Å²) in [6.07, 6.45) is 5.34. The molecule has 0 saturated carbocycles. The minimum absolute atomic E-state index is 0.0579. The molecule has 0 fully saturated rings. The summed E-state index contributed by atoms with van der Waals surface area (Å²) in [6, 6.07) is 9.15. The molecule has 0 spiro atoms. The zero-order chi connectivity index (χ0) is 23.4. The third kappa shape index (κ3) is 4.93. The Hall–Kier alpha value is -3.59. The van der Waals surface area contributed by atoms with Gasteiger partial charge in [0.2, 0.25) is 5.91 Å². The SMILES string of the molecule is COCCCN1C(=O)CCc2c(C)nc(CN(C)C(=O)c3cccc(-n4cccn4)c3)nc21. The number of benzene rings is 1. The molecule has 0 N–H and O–H groups in total. The molecule has 0 atom stereocenters. The number of aryl methyl sites for hydroxylation is 1. The Kier molecular flexibility index (Phi) is 6.79. The number of hydrogen-bond donors (Lipinski definition) is 0. The number of ether oxygens (including phenoxy) is 1. The number of anilines is 1. The highest BCUT2D eigenvalue weighted by Crippen LogP contribution is 2.28. The van der Waals surface area contributed by atoms with Gasteiger partial charge in [-0.2, -0.15) is 5.10 Å². The lowest BCUT2D eigenvalue weighted by molar-refractivity contribution is -0.119. The van der Waals surface area contributed by atoms with E-state index in [1.165, 1.54) is 0 Å². The molecule has 1 aromatic carbocycles. The summed E-state index contributed by atoms with van der Waals surface area (Å²) in [5, 5.41) is 4.22. The van der Waals surface area contributed by atoms with Gasteiger partial charge in [0.25, 0.3) is 5.91 Å². The van der Waals surface area contributed by atoms with Gasteiger partial charge in [0.05, 0.1) is 12.2 Å². The Labute approximate surface area is 193 Å². The number of carbonyl (C=O) groups is 2. The Morgan fingerprint density at radius 1 is 1.21 bits per heavy atom. The van der Waals surface area contributed by atoms with Crippen LogP contribution in [0.25, 0.3) is 5.69 Å². The van der Waals surface area contributed by atoms with E-state index in [1.807, 2.05) is 31.3 Å². The highest BCUT2D eigenvalue weighted by atomic mass is 16.5. The van der Waals surface area contributed by atoms with Gasteiger partial charge in [0.1, 0.15) is 11.6 Å². The fourth-order valence-corrected chi connectivity index (χ4v) is 4.01. The van der Waals surface area contributed by atoms with Gasteiger partial charge in [0, 0.05) is 62.9 Å². The molecule has 0 bridgehead atoms. The molecule has 172 valence electrons. The van der Waals surface area contributed by atoms with Gasteiger partial charge in [-0.1, -0.05) is 6.07 Å². The Balaban J connectivity index is 1.54. The van der Waals surface area contributed by atoms with Crippen LogP contribution in [-0.2, 0) is 22.5 Å². The minimum atomic E-state index is -0.143. The topological polar surface area (TPSA) is 93.5 Å². The molecule has 4 rings (SSSR count). The second kappa shape index (κ2) is 9.91. The molecule has 1 aliphatic heterocycles. The average Bonchev–Trinajstić information content (AvgIpc) is 3.35. The van der Waals surface area contributed by atoms with E-state index in [0.717, 1.165) is 23.4 Å². The lowest BCUT2D eigenvalue weighted by Gasteiger charge is -2.29. The summed E-state index contributed by atoms with van der Waals surface area (Å²) >= 11 is 0. The Morgan fingerprint density at radius 2 is 2.06 bits per heavy atom. The summed E-state index contributed by atoms with van der Waals surface area (Å²) in [5.41, 5.74) is 3.21. The lowest BCUT2D eigenvalue weighted by Crippen LogP contribution is -2.38. The molecule has 0 saturated heterocycles. The third-order valence-corrected chi connectivity index (χ3v) is 5.70. The zero-order valence-electron chi connectivity index (χ0n) is 19.2. The van der Waals surface area contributed by atoms with Gasteiger partial charge in [-0.15, -0.1) is 0 Å². The van der Waals surface area contributed by atoms with E-state index < -0.39 is 0 Å². The van der Waals surface area contributed by atoms with Crippen molar-refractivity contribution in [1.29, 1.82) is 0 Å². The fraction of sp³-hybridized carbons (Fsp3) is 0.375. The molecular formula is C24H28N6O3. The largest absolute Gasteiger partial charge is 0.385 e. The molecule has 1 aliphatic rings. The van der Waals surface area contributed by atoms with E-state index in [1.54, 1.807) is 47.0 Å². The van der Waals surface area contributed by atoms with Crippen LogP contribution in [0.4, 0.5) is 5.82 Å². The van der Waals surface area contributed by atoms with E-state index in [9.17, 15) is 9.59 Å². The summed E-state index contributed by atoms with van der Waals surface area (Å²) in [7, 11) is 3.37. The molecule has 9 nitrogen and oxygen atoms in total. The van der Waals surface area contributed by atoms with E-state index >= 15 is 0 Å². The third-order valence-electron chi connectivity index (χ3n) is 5.70. The zero-order valence-corrected chi connectivity index (χ0v) is 19.2. The summed E-state index contributed by atoms with van der Waals surface area (Å²) in [6.45, 7) is 3.29. The van der Waals surface area contributed by atoms with Crippen LogP contribution in [0.5, 0.6) is 0 Å². The molecule has 3 aromatic rings. The average molecular weight is 449 g/mol. The van der Waals surface area contributed by atoms with Crippen molar-refractivity contribution in [2.75, 3.05) is 32.2 Å². The number of aromatic nitrogens is 4. The molecule has 2 amide bonds. The van der Waals surface area contributed by atoms with Crippen LogP contribution < -0.4 is 4.90 Å². The maximum absolute atomic E-state index is 13.1. The first-order valence-electron chi connectivity index (χ1n) is 11.0. The van der Waals surface area contributed by atoms with Gasteiger partial charge < -0.3 is 9.64 Å². The van der Waals surface area contributed by atoms with Crippen molar-refractivity contribution in [1.82, 2.24) is 24.6 Å². The quantitative estimate of drug-likeness (QED) is 0.492. The second-order valence-electron chi connectivity index (χ2n) is 8.08. The van der Waals surface area contributed by atoms with Crippen LogP contribution in [0, 0.1) is 6.92 Å². The molecule has 0 radical (unpaired) electrons. The van der Waals surface area contributed by atoms with Crippen LogP contribution in [0.15, 0.2) is 42.7 Å². The second-order valence-corrected chi connectivity index (χ2v) is 8.08. The normalized spacial score (nSPS) is 13.2. The molecule has 3 heterocycles. The number of rotatable bonds is 8. The van der Waals surface area contributed by atoms with Crippen molar-refractivity contribution in [2.45, 2.75) is 32.7 Å². The number of methoxy groups -OCH3 is 1. The Morgan fingerprint density at radius 3 is 2.82 bits per heavy atom. The van der Waals surface area contributed by atoms with E-state index in [4.69, 9.17) is 9.72 Å². The van der Waals surface area contributed by atoms with Crippen LogP contribution in [0.1, 0.15) is 40.3 Å². The number of carbonyl (C=O) groups excluding carboxylic acids is 2. The Bertz CT molecular complexity index is 1150. The maximum Gasteiger partial charge on any atom is 0.254 e. The van der Waals surface area contributed by atoms with Gasteiger partial charge >= 0.3 is 0 Å². The highest BCUT2D eigenvalue weighted by Gasteiger charge is 2.28. The molecule has 0 unspecified atom stereocenters. The number of nitrogens with zero attached hydrogens (tertiary/aromatic N) is 6. The summed E-state index contributed by atoms with van der Waals surface area (Å²) < 4.78 is 6.85. The minimum Gasteiger partial charge on any atom is -0.385 e. The highest BCUT2D eigenvalue weighted by molar-refractivity contribution is 5.96. The first-order chi connectivity index (χ1) is 16.0. The number of amides is 2. The first kappa shape index (κ1) is 22.6. The lowest BCUT2D eigenvalue weighted by atomic mass is 10.0. The molecule has 0 aliphatic carbocycles. The predicted octanol–water partition coefficient (Wildman–Crippen LogP) is 2.56. The van der Waals surface area contributed by atoms with Crippen molar-refractivity contribution in [3.63, 3.8) is 0 Å². The van der Waals surface area contributed by atoms with Crippen LogP contribution in [0.3, 0.4) is 0 Å². The summed E-state index contributed by atoms with van der Waals surface area (Å²) in [5.74, 6) is 1.08. The summed E-state index contributed by atoms with van der Waals surface area (Å²) in [4.78, 5) is 38.3. The molecule has 33 heavy (non-hydrogen) atoms. The van der Waals surface area contributed by atoms with Crippen molar-refractivity contribution >= 4 is 17.6 Å². The molecule has 2 aromatic heterocycles. The monoisotopic (exact) mass is 448 g/mol. The van der Waals surface area contributed by atoms with E-state index in [0.29, 0.717) is 43.2 Å².